The van der Waals surface area contributed by atoms with Crippen LogP contribution in [0.5, 0.6) is 0 Å². The molecule has 7 nitrogen and oxygen atoms in total. The quantitative estimate of drug-likeness (QED) is 0.873. The number of nitrogens with zero attached hydrogens (tertiary/aromatic N) is 2. The van der Waals surface area contributed by atoms with E-state index in [1.54, 1.807) is 6.92 Å². The van der Waals surface area contributed by atoms with Crippen LogP contribution in [0, 0.1) is 6.92 Å². The lowest BCUT2D eigenvalue weighted by molar-refractivity contribution is -0.119. The van der Waals surface area contributed by atoms with E-state index < -0.39 is 21.2 Å². The molecule has 0 unspecified atom stereocenters. The molecular formula is C12H19N3O4S. The summed E-state index contributed by atoms with van der Waals surface area (Å²) in [7, 11) is -3.55. The van der Waals surface area contributed by atoms with Gasteiger partial charge in [-0.3, -0.25) is 9.52 Å². The lowest BCUT2D eigenvalue weighted by atomic mass is 10.0. The highest BCUT2D eigenvalue weighted by atomic mass is 32.2. The molecule has 1 aliphatic rings. The molecule has 20 heavy (non-hydrogen) atoms. The fraction of sp³-hybridized carbons (Fsp3) is 0.750. The zero-order valence-corrected chi connectivity index (χ0v) is 12.3. The number of hydrogen-bond acceptors (Lipinski definition) is 6. The van der Waals surface area contributed by atoms with Gasteiger partial charge in [-0.1, -0.05) is 24.4 Å². The smallest absolute Gasteiger partial charge is 0.237 e. The lowest BCUT2D eigenvalue weighted by Crippen LogP contribution is -2.39. The Morgan fingerprint density at radius 2 is 2.05 bits per heavy atom. The van der Waals surface area contributed by atoms with Gasteiger partial charge in [-0.25, -0.2) is 8.42 Å². The Kier molecular flexibility index (Phi) is 4.74. The standard InChI is InChI=1S/C12H19N3O4S/c1-9-13-12(19-14-9)8-7-11(16)15-20(17,18)10-5-3-2-4-6-10/h10H,2-8H2,1H3,(H,15,16). The SMILES string of the molecule is Cc1noc(CCC(=O)NS(=O)(=O)C2CCCCC2)n1. The number of amides is 1. The largest absolute Gasteiger partial charge is 0.339 e. The molecule has 0 aliphatic heterocycles. The molecule has 1 fully saturated rings. The molecule has 112 valence electrons. The predicted octanol–water partition coefficient (Wildman–Crippen LogP) is 1.09. The Morgan fingerprint density at radius 1 is 1.35 bits per heavy atom. The van der Waals surface area contributed by atoms with Crippen LogP contribution in [0.4, 0.5) is 0 Å². The molecule has 0 spiro atoms. The number of nitrogens with one attached hydrogen (secondary N) is 1. The molecule has 0 bridgehead atoms. The first kappa shape index (κ1) is 15.0. The summed E-state index contributed by atoms with van der Waals surface area (Å²) in [6.45, 7) is 1.68. The van der Waals surface area contributed by atoms with E-state index >= 15 is 0 Å². The van der Waals surface area contributed by atoms with Gasteiger partial charge in [-0.05, 0) is 19.8 Å². The third-order valence-corrected chi connectivity index (χ3v) is 5.24. The molecular weight excluding hydrogens is 282 g/mol. The van der Waals surface area contributed by atoms with E-state index in [1.807, 2.05) is 0 Å². The van der Waals surface area contributed by atoms with Gasteiger partial charge >= 0.3 is 0 Å². The molecule has 8 heteroatoms. The van der Waals surface area contributed by atoms with Crippen molar-refractivity contribution in [3.8, 4) is 0 Å². The average molecular weight is 301 g/mol. The predicted molar refractivity (Wildman–Crippen MR) is 71.3 cm³/mol. The van der Waals surface area contributed by atoms with Crippen LogP contribution in [-0.4, -0.2) is 29.7 Å². The Balaban J connectivity index is 1.83. The van der Waals surface area contributed by atoms with E-state index in [0.717, 1.165) is 19.3 Å². The third-order valence-electron chi connectivity index (χ3n) is 3.38. The van der Waals surface area contributed by atoms with Crippen molar-refractivity contribution in [2.24, 2.45) is 0 Å². The van der Waals surface area contributed by atoms with Gasteiger partial charge in [0.25, 0.3) is 0 Å². The maximum absolute atomic E-state index is 12.0. The molecule has 0 atom stereocenters. The van der Waals surface area contributed by atoms with Gasteiger partial charge in [0.05, 0.1) is 5.25 Å². The Morgan fingerprint density at radius 3 is 2.65 bits per heavy atom. The second-order valence-electron chi connectivity index (χ2n) is 5.07. The molecule has 0 radical (unpaired) electrons. The summed E-state index contributed by atoms with van der Waals surface area (Å²) < 4.78 is 31.1. The highest BCUT2D eigenvalue weighted by Crippen LogP contribution is 2.23. The zero-order valence-electron chi connectivity index (χ0n) is 11.5. The summed E-state index contributed by atoms with van der Waals surface area (Å²) in [6, 6.07) is 0. The van der Waals surface area contributed by atoms with Gasteiger partial charge in [0.15, 0.2) is 5.82 Å². The van der Waals surface area contributed by atoms with Crippen molar-refractivity contribution >= 4 is 15.9 Å². The van der Waals surface area contributed by atoms with Crippen LogP contribution in [0.25, 0.3) is 0 Å². The maximum atomic E-state index is 12.0. The van der Waals surface area contributed by atoms with Crippen LogP contribution < -0.4 is 4.72 Å². The Labute approximate surface area is 118 Å². The second-order valence-corrected chi connectivity index (χ2v) is 7.03. The van der Waals surface area contributed by atoms with Gasteiger partial charge in [-0.2, -0.15) is 4.98 Å². The first-order valence-corrected chi connectivity index (χ1v) is 8.35. The number of aromatic nitrogens is 2. The lowest BCUT2D eigenvalue weighted by Gasteiger charge is -2.21. The molecule has 1 aromatic heterocycles. The summed E-state index contributed by atoms with van der Waals surface area (Å²) >= 11 is 0. The van der Waals surface area contributed by atoms with Crippen molar-refractivity contribution in [1.82, 2.24) is 14.9 Å². The van der Waals surface area contributed by atoms with Crippen molar-refractivity contribution in [3.05, 3.63) is 11.7 Å². The van der Waals surface area contributed by atoms with Crippen LogP contribution in [0.15, 0.2) is 4.52 Å². The van der Waals surface area contributed by atoms with Gasteiger partial charge < -0.3 is 4.52 Å². The topological polar surface area (TPSA) is 102 Å². The summed E-state index contributed by atoms with van der Waals surface area (Å²) in [5.41, 5.74) is 0. The Bertz CT molecular complexity index is 561. The first-order valence-electron chi connectivity index (χ1n) is 6.81. The van der Waals surface area contributed by atoms with Gasteiger partial charge in [0.1, 0.15) is 0 Å². The number of sulfonamides is 1. The Hall–Kier alpha value is -1.44. The van der Waals surface area contributed by atoms with Crippen molar-refractivity contribution in [2.75, 3.05) is 0 Å². The van der Waals surface area contributed by atoms with Gasteiger partial charge in [0, 0.05) is 12.8 Å². The number of aryl methyl sites for hydroxylation is 2. The fourth-order valence-corrected chi connectivity index (χ4v) is 3.87. The molecule has 1 aromatic rings. The van der Waals surface area contributed by atoms with Gasteiger partial charge in [-0.15, -0.1) is 0 Å². The van der Waals surface area contributed by atoms with Crippen LogP contribution in [0.2, 0.25) is 0 Å². The maximum Gasteiger partial charge on any atom is 0.237 e. The molecule has 1 saturated carbocycles. The summed E-state index contributed by atoms with van der Waals surface area (Å²) in [4.78, 5) is 15.7. The highest BCUT2D eigenvalue weighted by molar-refractivity contribution is 7.90. The van der Waals surface area contributed by atoms with Crippen LogP contribution in [0.1, 0.15) is 50.2 Å². The highest BCUT2D eigenvalue weighted by Gasteiger charge is 2.28. The summed E-state index contributed by atoms with van der Waals surface area (Å²) in [5.74, 6) is 0.314. The van der Waals surface area contributed by atoms with Crippen molar-refractivity contribution in [2.45, 2.75) is 57.1 Å². The van der Waals surface area contributed by atoms with Crippen molar-refractivity contribution in [1.29, 1.82) is 0 Å². The van der Waals surface area contributed by atoms with E-state index in [1.165, 1.54) is 0 Å². The minimum Gasteiger partial charge on any atom is -0.339 e. The monoisotopic (exact) mass is 301 g/mol. The number of rotatable bonds is 5. The zero-order chi connectivity index (χ0) is 14.6. The minimum absolute atomic E-state index is 0.0214. The number of carbonyl (C=O) groups is 1. The average Bonchev–Trinajstić information content (AvgIpc) is 2.83. The number of hydrogen-bond donors (Lipinski definition) is 1. The van der Waals surface area contributed by atoms with Gasteiger partial charge in [0.2, 0.25) is 21.8 Å². The third kappa shape index (κ3) is 4.03. The van der Waals surface area contributed by atoms with Crippen LogP contribution in [-0.2, 0) is 21.2 Å². The summed E-state index contributed by atoms with van der Waals surface area (Å²) in [5, 5.41) is 3.17. The first-order chi connectivity index (χ1) is 9.47. The fourth-order valence-electron chi connectivity index (χ4n) is 2.33. The van der Waals surface area contributed by atoms with Crippen LogP contribution >= 0.6 is 0 Å². The van der Waals surface area contributed by atoms with Crippen molar-refractivity contribution in [3.63, 3.8) is 0 Å². The normalized spacial score (nSPS) is 17.1. The summed E-state index contributed by atoms with van der Waals surface area (Å²) in [6.07, 6.45) is 4.40. The molecule has 1 aliphatic carbocycles. The van der Waals surface area contributed by atoms with Crippen molar-refractivity contribution < 1.29 is 17.7 Å². The van der Waals surface area contributed by atoms with Crippen LogP contribution in [0.3, 0.4) is 0 Å². The molecule has 1 heterocycles. The second kappa shape index (κ2) is 6.34. The van der Waals surface area contributed by atoms with E-state index in [2.05, 4.69) is 14.9 Å². The van der Waals surface area contributed by atoms with E-state index in [-0.39, 0.29) is 12.8 Å². The minimum atomic E-state index is -3.55. The van der Waals surface area contributed by atoms with E-state index in [9.17, 15) is 13.2 Å². The molecule has 1 amide bonds. The molecule has 0 saturated heterocycles. The van der Waals surface area contributed by atoms with E-state index in [4.69, 9.17) is 4.52 Å². The molecule has 2 rings (SSSR count). The number of carbonyl (C=O) groups excluding carboxylic acids is 1. The molecule has 0 aromatic carbocycles. The molecule has 1 N–H and O–H groups in total. The van der Waals surface area contributed by atoms with E-state index in [0.29, 0.717) is 24.6 Å².